The van der Waals surface area contributed by atoms with E-state index in [2.05, 4.69) is 4.98 Å². The van der Waals surface area contributed by atoms with Gasteiger partial charge in [-0.1, -0.05) is 12.1 Å². The van der Waals surface area contributed by atoms with E-state index >= 15 is 0 Å². The summed E-state index contributed by atoms with van der Waals surface area (Å²) in [5.41, 5.74) is 2.95. The van der Waals surface area contributed by atoms with E-state index in [1.54, 1.807) is 12.1 Å². The highest BCUT2D eigenvalue weighted by atomic mass is 16.6. The first-order chi connectivity index (χ1) is 7.16. The molecule has 0 amide bonds. The topological polar surface area (TPSA) is 58.9 Å². The van der Waals surface area contributed by atoms with E-state index in [9.17, 15) is 10.1 Å². The van der Waals surface area contributed by atoms with Crippen molar-refractivity contribution < 1.29 is 4.92 Å². The number of benzene rings is 1. The number of aromatic amines is 1. The summed E-state index contributed by atoms with van der Waals surface area (Å²) < 4.78 is 0. The molecular formula is C11H10N2O2. The predicted octanol–water partition coefficient (Wildman–Crippen LogP) is 2.90. The average Bonchev–Trinajstić information content (AvgIpc) is 2.65. The van der Waals surface area contributed by atoms with Crippen LogP contribution in [0.5, 0.6) is 0 Å². The second-order valence-corrected chi connectivity index (χ2v) is 3.40. The summed E-state index contributed by atoms with van der Waals surface area (Å²) >= 11 is 0. The predicted molar refractivity (Wildman–Crippen MR) is 57.6 cm³/mol. The molecule has 0 radical (unpaired) electrons. The molecule has 0 aliphatic heterocycles. The van der Waals surface area contributed by atoms with Gasteiger partial charge in [0.05, 0.1) is 4.92 Å². The molecule has 0 saturated carbocycles. The van der Waals surface area contributed by atoms with Gasteiger partial charge in [0.2, 0.25) is 0 Å². The van der Waals surface area contributed by atoms with Gasteiger partial charge < -0.3 is 4.98 Å². The van der Waals surface area contributed by atoms with E-state index in [0.29, 0.717) is 0 Å². The molecule has 0 unspecified atom stereocenters. The quantitative estimate of drug-likeness (QED) is 0.601. The van der Waals surface area contributed by atoms with Crippen LogP contribution in [0.1, 0.15) is 5.56 Å². The third-order valence-electron chi connectivity index (χ3n) is 2.20. The van der Waals surface area contributed by atoms with Crippen molar-refractivity contribution in [3.63, 3.8) is 0 Å². The van der Waals surface area contributed by atoms with Gasteiger partial charge in [-0.2, -0.15) is 0 Å². The summed E-state index contributed by atoms with van der Waals surface area (Å²) in [7, 11) is 0. The van der Waals surface area contributed by atoms with Crippen LogP contribution in [-0.2, 0) is 0 Å². The number of nitrogens with one attached hydrogen (secondary N) is 1. The SMILES string of the molecule is Cc1c[nH]c(-c2cccc([N+](=O)[O-])c2)c1. The zero-order valence-corrected chi connectivity index (χ0v) is 8.23. The zero-order valence-electron chi connectivity index (χ0n) is 8.23. The Kier molecular flexibility index (Phi) is 2.25. The fraction of sp³-hybridized carbons (Fsp3) is 0.0909. The largest absolute Gasteiger partial charge is 0.361 e. The molecule has 4 nitrogen and oxygen atoms in total. The molecule has 0 bridgehead atoms. The summed E-state index contributed by atoms with van der Waals surface area (Å²) in [4.78, 5) is 13.3. The normalized spacial score (nSPS) is 10.2. The van der Waals surface area contributed by atoms with Crippen LogP contribution in [0.2, 0.25) is 0 Å². The fourth-order valence-electron chi connectivity index (χ4n) is 1.46. The van der Waals surface area contributed by atoms with Gasteiger partial charge >= 0.3 is 0 Å². The Bertz CT molecular complexity index is 503. The van der Waals surface area contributed by atoms with Gasteiger partial charge in [0.25, 0.3) is 5.69 Å². The third kappa shape index (κ3) is 1.88. The maximum absolute atomic E-state index is 10.6. The maximum atomic E-state index is 10.6. The van der Waals surface area contributed by atoms with E-state index in [0.717, 1.165) is 16.8 Å². The number of nitrogens with zero attached hydrogens (tertiary/aromatic N) is 1. The number of nitro groups is 1. The summed E-state index contributed by atoms with van der Waals surface area (Å²) in [6.07, 6.45) is 1.87. The number of nitro benzene ring substituents is 1. The molecule has 0 aliphatic carbocycles. The molecule has 15 heavy (non-hydrogen) atoms. The van der Waals surface area contributed by atoms with Crippen molar-refractivity contribution in [2.24, 2.45) is 0 Å². The second-order valence-electron chi connectivity index (χ2n) is 3.40. The minimum Gasteiger partial charge on any atom is -0.361 e. The Morgan fingerprint density at radius 2 is 2.13 bits per heavy atom. The number of non-ortho nitro benzene ring substituents is 1. The van der Waals surface area contributed by atoms with E-state index in [4.69, 9.17) is 0 Å². The fourth-order valence-corrected chi connectivity index (χ4v) is 1.46. The molecule has 0 spiro atoms. The molecule has 4 heteroatoms. The van der Waals surface area contributed by atoms with Crippen molar-refractivity contribution in [2.45, 2.75) is 6.92 Å². The molecule has 76 valence electrons. The van der Waals surface area contributed by atoms with E-state index in [1.165, 1.54) is 6.07 Å². The molecule has 1 heterocycles. The van der Waals surface area contributed by atoms with Crippen LogP contribution in [0.3, 0.4) is 0 Å². The molecule has 0 fully saturated rings. The number of aryl methyl sites for hydroxylation is 1. The first kappa shape index (κ1) is 9.45. The number of H-pyrrole nitrogens is 1. The number of aromatic nitrogens is 1. The van der Waals surface area contributed by atoms with Crippen LogP contribution < -0.4 is 0 Å². The van der Waals surface area contributed by atoms with Crippen molar-refractivity contribution in [1.29, 1.82) is 0 Å². The Hall–Kier alpha value is -2.10. The second kappa shape index (κ2) is 3.57. The molecule has 0 saturated heterocycles. The van der Waals surface area contributed by atoms with Crippen molar-refractivity contribution in [1.82, 2.24) is 4.98 Å². The van der Waals surface area contributed by atoms with Gasteiger partial charge in [-0.25, -0.2) is 0 Å². The minimum absolute atomic E-state index is 0.111. The third-order valence-corrected chi connectivity index (χ3v) is 2.20. The van der Waals surface area contributed by atoms with Crippen LogP contribution >= 0.6 is 0 Å². The highest BCUT2D eigenvalue weighted by Crippen LogP contribution is 2.23. The van der Waals surface area contributed by atoms with Crippen LogP contribution in [0.15, 0.2) is 36.5 Å². The maximum Gasteiger partial charge on any atom is 0.270 e. The van der Waals surface area contributed by atoms with Crippen LogP contribution in [0.4, 0.5) is 5.69 Å². The number of hydrogen-bond donors (Lipinski definition) is 1. The van der Waals surface area contributed by atoms with Crippen molar-refractivity contribution in [3.8, 4) is 11.3 Å². The molecule has 2 rings (SSSR count). The van der Waals surface area contributed by atoms with Gasteiger partial charge in [-0.05, 0) is 18.6 Å². The molecule has 1 N–H and O–H groups in total. The lowest BCUT2D eigenvalue weighted by Gasteiger charge is -1.97. The van der Waals surface area contributed by atoms with Gasteiger partial charge in [-0.3, -0.25) is 10.1 Å². The molecule has 2 aromatic rings. The lowest BCUT2D eigenvalue weighted by Crippen LogP contribution is -1.87. The zero-order chi connectivity index (χ0) is 10.8. The Balaban J connectivity index is 2.45. The lowest BCUT2D eigenvalue weighted by atomic mass is 10.1. The highest BCUT2D eigenvalue weighted by Gasteiger charge is 2.07. The van der Waals surface area contributed by atoms with Crippen LogP contribution in [-0.4, -0.2) is 9.91 Å². The van der Waals surface area contributed by atoms with Crippen LogP contribution in [0, 0.1) is 17.0 Å². The van der Waals surface area contributed by atoms with Gasteiger partial charge in [0.1, 0.15) is 0 Å². The first-order valence-electron chi connectivity index (χ1n) is 4.56. The monoisotopic (exact) mass is 202 g/mol. The molecule has 0 atom stereocenters. The van der Waals surface area contributed by atoms with Gasteiger partial charge in [0, 0.05) is 29.6 Å². The minimum atomic E-state index is -0.390. The van der Waals surface area contributed by atoms with Crippen molar-refractivity contribution in [2.75, 3.05) is 0 Å². The molecule has 1 aromatic carbocycles. The number of rotatable bonds is 2. The summed E-state index contributed by atoms with van der Waals surface area (Å²) in [6.45, 7) is 1.97. The lowest BCUT2D eigenvalue weighted by molar-refractivity contribution is -0.384. The smallest absolute Gasteiger partial charge is 0.270 e. The van der Waals surface area contributed by atoms with Crippen molar-refractivity contribution in [3.05, 3.63) is 52.2 Å². The van der Waals surface area contributed by atoms with Gasteiger partial charge in [0.15, 0.2) is 0 Å². The van der Waals surface area contributed by atoms with E-state index < -0.39 is 0 Å². The standard InChI is InChI=1S/C11H10N2O2/c1-8-5-11(12-7-8)9-3-2-4-10(6-9)13(14)15/h2-7,12H,1H3. The first-order valence-corrected chi connectivity index (χ1v) is 4.56. The van der Waals surface area contributed by atoms with Crippen LogP contribution in [0.25, 0.3) is 11.3 Å². The van der Waals surface area contributed by atoms with Crippen molar-refractivity contribution >= 4 is 5.69 Å². The molecule has 0 aliphatic rings. The Morgan fingerprint density at radius 1 is 1.33 bits per heavy atom. The Labute approximate surface area is 86.7 Å². The highest BCUT2D eigenvalue weighted by molar-refractivity contribution is 5.63. The Morgan fingerprint density at radius 3 is 2.73 bits per heavy atom. The van der Waals surface area contributed by atoms with E-state index in [-0.39, 0.29) is 10.6 Å². The summed E-state index contributed by atoms with van der Waals surface area (Å²) in [6, 6.07) is 8.53. The average molecular weight is 202 g/mol. The molecule has 1 aromatic heterocycles. The summed E-state index contributed by atoms with van der Waals surface area (Å²) in [5, 5.41) is 10.6. The number of hydrogen-bond acceptors (Lipinski definition) is 2. The van der Waals surface area contributed by atoms with Gasteiger partial charge in [-0.15, -0.1) is 0 Å². The summed E-state index contributed by atoms with van der Waals surface area (Å²) in [5.74, 6) is 0. The molecular weight excluding hydrogens is 192 g/mol. The van der Waals surface area contributed by atoms with E-state index in [1.807, 2.05) is 25.3 Å².